The summed E-state index contributed by atoms with van der Waals surface area (Å²) in [4.78, 5) is 23.2. The molecule has 6 nitrogen and oxygen atoms in total. The van der Waals surface area contributed by atoms with Gasteiger partial charge in [-0.05, 0) is 95.8 Å². The van der Waals surface area contributed by atoms with Crippen LogP contribution in [0.5, 0.6) is 0 Å². The van der Waals surface area contributed by atoms with Gasteiger partial charge in [0.05, 0.1) is 67.8 Å². The molecule has 9 heterocycles. The Kier molecular flexibility index (Phi) is 14.3. The molecule has 0 radical (unpaired) electrons. The fraction of sp³-hybridized carbons (Fsp3) is 0. The molecule has 28 heteroatoms. The maximum Gasteiger partial charge on any atom is 0.200 e. The van der Waals surface area contributed by atoms with E-state index in [2.05, 4.69) is 29.9 Å². The third-order valence-corrected chi connectivity index (χ3v) is 16.2. The Morgan fingerprint density at radius 1 is 0.211 bits per heavy atom. The second kappa shape index (κ2) is 21.8. The molecule has 2 N–H and O–H groups in total. The highest BCUT2D eigenvalue weighted by Crippen LogP contribution is 2.46. The van der Waals surface area contributed by atoms with Gasteiger partial charge in [0.2, 0.25) is 23.3 Å². The molecule has 9 aromatic rings. The van der Waals surface area contributed by atoms with Crippen LogP contribution in [0.1, 0.15) is 45.6 Å². The molecular weight excluding hydrogens is 1270 g/mol. The van der Waals surface area contributed by atoms with Crippen LogP contribution in [-0.4, -0.2) is 29.9 Å². The average Bonchev–Trinajstić information content (AvgIpc) is 1.45. The summed E-state index contributed by atoms with van der Waals surface area (Å²) in [7, 11) is 0. The van der Waals surface area contributed by atoms with Crippen LogP contribution < -0.4 is 0 Å². The van der Waals surface area contributed by atoms with Gasteiger partial charge in [-0.1, -0.05) is 12.1 Å². The highest BCUT2D eigenvalue weighted by atomic mass is 32.1. The summed E-state index contributed by atoms with van der Waals surface area (Å²) in [6.07, 6.45) is 8.18. The number of benzene rings is 4. The standard InChI is InChI=1S/C62H20F20N6S2/c63-43-39(44(64)52(72)59(79)51(43)71)35-23-9-5-19(83-23)33(31-3-1-17-89-31)20-6-10-24(84-20)36(40-45(65)53(73)60(80)54(74)46(40)66)28-14-16-30(88-28)38(42-49(69)57(77)62(82)58(78)50(42)70)26-12-8-22(86-26)34(32-4-2-18-90-32)21-7-11-25(85-21)37(29-15-13-27(35)87-29)41-47(67)55(75)61(81)56(76)48(41)68/h1-18,87-88H. The number of rotatable bonds is 6. The van der Waals surface area contributed by atoms with Crippen molar-refractivity contribution in [2.75, 3.05) is 0 Å². The summed E-state index contributed by atoms with van der Waals surface area (Å²) in [5.41, 5.74) is -18.3. The number of H-pyrrole nitrogens is 2. The monoisotopic (exact) mass is 1290 g/mol. The van der Waals surface area contributed by atoms with Crippen molar-refractivity contribution in [3.63, 3.8) is 0 Å². The summed E-state index contributed by atoms with van der Waals surface area (Å²) >= 11 is 1.85. The van der Waals surface area contributed by atoms with Gasteiger partial charge < -0.3 is 9.97 Å². The van der Waals surface area contributed by atoms with Crippen molar-refractivity contribution in [3.05, 3.63) is 221 Å². The third-order valence-electron chi connectivity index (χ3n) is 14.4. The first-order valence-corrected chi connectivity index (χ1v) is 27.1. The molecule has 90 heavy (non-hydrogen) atoms. The van der Waals surface area contributed by atoms with Gasteiger partial charge in [-0.2, -0.15) is 0 Å². The van der Waals surface area contributed by atoms with Gasteiger partial charge in [-0.15, -0.1) is 22.7 Å². The van der Waals surface area contributed by atoms with E-state index in [0.717, 1.165) is 95.5 Å². The predicted octanol–water partition coefficient (Wildman–Crippen LogP) is 19.6. The second-order valence-electron chi connectivity index (χ2n) is 19.4. The number of halogens is 20. The van der Waals surface area contributed by atoms with E-state index in [9.17, 15) is 17.6 Å². The molecule has 5 aromatic heterocycles. The van der Waals surface area contributed by atoms with Gasteiger partial charge >= 0.3 is 0 Å². The molecule has 0 unspecified atom stereocenters. The van der Waals surface area contributed by atoms with E-state index < -0.39 is 206 Å². The molecule has 12 bridgehead atoms. The first-order chi connectivity index (χ1) is 43.0. The third kappa shape index (κ3) is 8.99. The number of hydrogen-bond acceptors (Lipinski definition) is 6. The van der Waals surface area contributed by atoms with Gasteiger partial charge in [0.25, 0.3) is 0 Å². The highest BCUT2D eigenvalue weighted by Gasteiger charge is 2.35. The molecule has 450 valence electrons. The smallest absolute Gasteiger partial charge is 0.200 e. The summed E-state index contributed by atoms with van der Waals surface area (Å²) in [6.45, 7) is 0. The summed E-state index contributed by atoms with van der Waals surface area (Å²) in [5, 5.41) is 2.96. The number of nitrogens with zero attached hydrogens (tertiary/aromatic N) is 4. The number of hydrogen-bond donors (Lipinski definition) is 2. The van der Waals surface area contributed by atoms with E-state index in [1.54, 1.807) is 0 Å². The zero-order chi connectivity index (χ0) is 63.8. The number of nitrogens with one attached hydrogen (secondary N) is 2. The van der Waals surface area contributed by atoms with Gasteiger partial charge in [0.1, 0.15) is 0 Å². The van der Waals surface area contributed by atoms with E-state index >= 15 is 70.2 Å². The minimum absolute atomic E-state index is 0.150. The largest absolute Gasteiger partial charge is 0.354 e. The first kappa shape index (κ1) is 58.8. The highest BCUT2D eigenvalue weighted by molar-refractivity contribution is 7.13. The lowest BCUT2D eigenvalue weighted by atomic mass is 10.0. The quantitative estimate of drug-likeness (QED) is 0.0987. The second-order valence-corrected chi connectivity index (χ2v) is 21.3. The Morgan fingerprint density at radius 2 is 0.389 bits per heavy atom. The van der Waals surface area contributed by atoms with Crippen LogP contribution in [0, 0.1) is 116 Å². The van der Waals surface area contributed by atoms with Crippen LogP contribution in [-0.2, 0) is 0 Å². The van der Waals surface area contributed by atoms with E-state index in [1.807, 2.05) is 0 Å². The fourth-order valence-corrected chi connectivity index (χ4v) is 12.0. The van der Waals surface area contributed by atoms with Crippen LogP contribution in [0.25, 0.3) is 136 Å². The lowest BCUT2D eigenvalue weighted by Crippen LogP contribution is -2.05. The molecular formula is C62H20F20N6S2. The fourth-order valence-electron chi connectivity index (χ4n) is 10.4. The van der Waals surface area contributed by atoms with Crippen molar-refractivity contribution in [1.29, 1.82) is 0 Å². The van der Waals surface area contributed by atoms with Crippen LogP contribution in [0.3, 0.4) is 0 Å². The normalized spacial score (nSPS) is 12.5. The summed E-state index contributed by atoms with van der Waals surface area (Å²) < 4.78 is 313. The van der Waals surface area contributed by atoms with Gasteiger partial charge in [-0.25, -0.2) is 108 Å². The van der Waals surface area contributed by atoms with Crippen LogP contribution >= 0.6 is 22.7 Å². The van der Waals surface area contributed by atoms with Crippen molar-refractivity contribution in [2.24, 2.45) is 0 Å². The van der Waals surface area contributed by atoms with E-state index in [4.69, 9.17) is 0 Å². The molecule has 0 saturated carbocycles. The molecule has 0 spiro atoms. The van der Waals surface area contributed by atoms with Crippen LogP contribution in [0.15, 0.2) is 59.3 Å². The Balaban J connectivity index is 1.28. The number of fused-ring (bicyclic) bond motifs is 12. The molecule has 4 aliphatic rings. The molecule has 13 rings (SSSR count). The van der Waals surface area contributed by atoms with Crippen molar-refractivity contribution in [1.82, 2.24) is 29.9 Å². The van der Waals surface area contributed by atoms with Crippen LogP contribution in [0.4, 0.5) is 87.8 Å². The topological polar surface area (TPSA) is 83.1 Å². The van der Waals surface area contributed by atoms with Gasteiger partial charge in [0, 0.05) is 65.2 Å². The van der Waals surface area contributed by atoms with E-state index in [0.29, 0.717) is 0 Å². The Morgan fingerprint density at radius 3 is 0.567 bits per heavy atom. The van der Waals surface area contributed by atoms with E-state index in [1.165, 1.54) is 35.0 Å². The molecule has 0 aliphatic carbocycles. The van der Waals surface area contributed by atoms with Crippen molar-refractivity contribution < 1.29 is 87.8 Å². The Bertz CT molecular complexity index is 4480. The molecule has 0 amide bonds. The maximum atomic E-state index is 16.4. The minimum atomic E-state index is -2.63. The first-order valence-electron chi connectivity index (χ1n) is 25.3. The summed E-state index contributed by atoms with van der Waals surface area (Å²) in [5.74, 6) is -50.3. The molecule has 0 saturated heterocycles. The number of thiophene rings is 2. The zero-order valence-corrected chi connectivity index (χ0v) is 45.2. The molecule has 4 aliphatic heterocycles. The Hall–Kier alpha value is -10.2. The molecule has 0 fully saturated rings. The van der Waals surface area contributed by atoms with Gasteiger partial charge in [-0.3, -0.25) is 0 Å². The zero-order valence-electron chi connectivity index (χ0n) is 43.6. The lowest BCUT2D eigenvalue weighted by molar-refractivity contribution is 0.381. The maximum absolute atomic E-state index is 16.4. The number of aromatic amines is 2. The van der Waals surface area contributed by atoms with Crippen molar-refractivity contribution in [3.8, 4) is 65.4 Å². The SMILES string of the molecule is Fc1c(F)c(F)c(-c2c3nc(c(-c4cccs4)c4nc(c(-c5c(F)c(F)c(F)c(F)c5F)c5ccc([nH]5)c(-c5c(F)c(F)c(F)c(F)c5F)c5nc(c(-c6cccs6)c6nc(c(-c7c(F)c(F)c(F)c(F)c7F)c7ccc2[nH]7)C=C6)C=C5)C=C4)C=C3)c(F)c1F. The summed E-state index contributed by atoms with van der Waals surface area (Å²) in [6, 6.07) is 9.09. The minimum Gasteiger partial charge on any atom is -0.354 e. The predicted molar refractivity (Wildman–Crippen MR) is 295 cm³/mol. The number of aromatic nitrogens is 6. The van der Waals surface area contributed by atoms with E-state index in [-0.39, 0.29) is 43.7 Å². The average molecular weight is 1290 g/mol. The Labute approximate surface area is 495 Å². The van der Waals surface area contributed by atoms with Crippen molar-refractivity contribution in [2.45, 2.75) is 0 Å². The molecule has 0 atom stereocenters. The van der Waals surface area contributed by atoms with Crippen molar-refractivity contribution >= 4 is 93.3 Å². The lowest BCUT2D eigenvalue weighted by Gasteiger charge is -2.11. The molecule has 4 aromatic carbocycles. The van der Waals surface area contributed by atoms with Gasteiger partial charge in [0.15, 0.2) is 93.1 Å². The van der Waals surface area contributed by atoms with Crippen LogP contribution in [0.2, 0.25) is 0 Å².